The molecule has 4 rings (SSSR count). The average molecular weight is 642 g/mol. The Balaban J connectivity index is 1.45. The second-order valence-corrected chi connectivity index (χ2v) is 12.3. The first kappa shape index (κ1) is 31.6. The number of aromatic carboxylic acids is 1. The van der Waals surface area contributed by atoms with Crippen molar-refractivity contribution in [2.24, 2.45) is 0 Å². The number of benzene rings is 4. The summed E-state index contributed by atoms with van der Waals surface area (Å²) in [6.07, 6.45) is 0. The molecule has 0 atom stereocenters. The van der Waals surface area contributed by atoms with Gasteiger partial charge >= 0.3 is 11.9 Å². The Hall–Kier alpha value is -5.32. The van der Waals surface area contributed by atoms with Crippen LogP contribution < -0.4 is 14.2 Å². The van der Waals surface area contributed by atoms with Gasteiger partial charge in [0.1, 0.15) is 11.5 Å². The Labute approximate surface area is 251 Å². The standard InChI is InChI=1S/C28H23N3O11S2/c1-41-28(34)23-4-2-3-5-26(23)44(39,40)29-17-18-6-10-20(11-7-18)42-21-12-15-25(24(16-21)27(32)33)30-43(37,38)22-13-8-19(9-14-22)31(35)36/h2-16,29-30H,17H2,1H3,(H,32,33). The third-order valence-electron chi connectivity index (χ3n) is 6.03. The topological polar surface area (TPSA) is 208 Å². The molecule has 0 spiro atoms. The molecule has 3 N–H and O–H groups in total. The maximum Gasteiger partial charge on any atom is 0.339 e. The van der Waals surface area contributed by atoms with Crippen LogP contribution in [0.15, 0.2) is 101 Å². The second-order valence-electron chi connectivity index (χ2n) is 8.93. The molecule has 0 heterocycles. The summed E-state index contributed by atoms with van der Waals surface area (Å²) in [4.78, 5) is 33.5. The number of carbonyl (C=O) groups is 2. The summed E-state index contributed by atoms with van der Waals surface area (Å²) in [5.74, 6) is -1.92. The van der Waals surface area contributed by atoms with Gasteiger partial charge in [0.2, 0.25) is 10.0 Å². The molecule has 0 bridgehead atoms. The number of hydrogen-bond acceptors (Lipinski definition) is 10. The number of nitrogens with zero attached hydrogens (tertiary/aromatic N) is 1. The van der Waals surface area contributed by atoms with Crippen LogP contribution in [0, 0.1) is 10.1 Å². The van der Waals surface area contributed by atoms with Gasteiger partial charge in [0.15, 0.2) is 0 Å². The van der Waals surface area contributed by atoms with Crippen molar-refractivity contribution in [3.05, 3.63) is 118 Å². The number of anilines is 1. The lowest BCUT2D eigenvalue weighted by atomic mass is 10.1. The van der Waals surface area contributed by atoms with Gasteiger partial charge in [-0.3, -0.25) is 14.8 Å². The predicted molar refractivity (Wildman–Crippen MR) is 156 cm³/mol. The Bertz CT molecular complexity index is 1940. The van der Waals surface area contributed by atoms with E-state index in [4.69, 9.17) is 4.74 Å². The molecule has 0 aliphatic rings. The van der Waals surface area contributed by atoms with Gasteiger partial charge in [-0.15, -0.1) is 0 Å². The van der Waals surface area contributed by atoms with Crippen LogP contribution >= 0.6 is 0 Å². The molecule has 16 heteroatoms. The molecule has 0 radical (unpaired) electrons. The normalized spacial score (nSPS) is 11.4. The van der Waals surface area contributed by atoms with E-state index in [2.05, 4.69) is 14.2 Å². The van der Waals surface area contributed by atoms with Gasteiger partial charge in [-0.05, 0) is 60.2 Å². The minimum absolute atomic E-state index is 0.0635. The van der Waals surface area contributed by atoms with Crippen LogP contribution in [0.25, 0.3) is 0 Å². The zero-order valence-corrected chi connectivity index (χ0v) is 24.3. The molecule has 0 unspecified atom stereocenters. The van der Waals surface area contributed by atoms with Crippen LogP contribution in [0.3, 0.4) is 0 Å². The molecule has 4 aromatic carbocycles. The van der Waals surface area contributed by atoms with Crippen molar-refractivity contribution in [2.45, 2.75) is 16.3 Å². The van der Waals surface area contributed by atoms with Crippen molar-refractivity contribution in [3.8, 4) is 11.5 Å². The first-order valence-corrected chi connectivity index (χ1v) is 15.4. The van der Waals surface area contributed by atoms with E-state index in [1.54, 1.807) is 12.1 Å². The number of hydrogen-bond donors (Lipinski definition) is 3. The number of carboxylic acids is 1. The summed E-state index contributed by atoms with van der Waals surface area (Å²) < 4.78 is 66.1. The Morgan fingerprint density at radius 3 is 2.09 bits per heavy atom. The number of rotatable bonds is 12. The fraction of sp³-hybridized carbons (Fsp3) is 0.0714. The molecule has 0 amide bonds. The third-order valence-corrected chi connectivity index (χ3v) is 8.87. The minimum Gasteiger partial charge on any atom is -0.478 e. The molecule has 0 saturated heterocycles. The van der Waals surface area contributed by atoms with Gasteiger partial charge in [0, 0.05) is 18.7 Å². The molecule has 14 nitrogen and oxygen atoms in total. The smallest absolute Gasteiger partial charge is 0.339 e. The van der Waals surface area contributed by atoms with Crippen molar-refractivity contribution >= 4 is 43.4 Å². The van der Waals surface area contributed by atoms with Gasteiger partial charge in [0.05, 0.1) is 38.6 Å². The number of esters is 1. The van der Waals surface area contributed by atoms with E-state index in [1.807, 2.05) is 0 Å². The zero-order chi connectivity index (χ0) is 32.1. The number of methoxy groups -OCH3 is 1. The quantitative estimate of drug-likeness (QED) is 0.114. The lowest BCUT2D eigenvalue weighted by Crippen LogP contribution is -2.25. The summed E-state index contributed by atoms with van der Waals surface area (Å²) in [6, 6.07) is 19.4. The Morgan fingerprint density at radius 2 is 1.48 bits per heavy atom. The fourth-order valence-electron chi connectivity index (χ4n) is 3.85. The van der Waals surface area contributed by atoms with Gasteiger partial charge < -0.3 is 14.6 Å². The van der Waals surface area contributed by atoms with Crippen molar-refractivity contribution in [1.29, 1.82) is 0 Å². The molecule has 0 aromatic heterocycles. The number of carboxylic acid groups (broad SMARTS) is 1. The Kier molecular flexibility index (Phi) is 9.27. The monoisotopic (exact) mass is 641 g/mol. The van der Waals surface area contributed by atoms with Crippen molar-refractivity contribution in [2.75, 3.05) is 11.8 Å². The summed E-state index contributed by atoms with van der Waals surface area (Å²) in [7, 11) is -7.20. The first-order chi connectivity index (χ1) is 20.8. The second kappa shape index (κ2) is 12.9. The summed E-state index contributed by atoms with van der Waals surface area (Å²) >= 11 is 0. The lowest BCUT2D eigenvalue weighted by Gasteiger charge is -2.13. The highest BCUT2D eigenvalue weighted by atomic mass is 32.2. The molecule has 0 aliphatic carbocycles. The van der Waals surface area contributed by atoms with E-state index < -0.39 is 42.5 Å². The van der Waals surface area contributed by atoms with Crippen molar-refractivity contribution in [3.63, 3.8) is 0 Å². The molecule has 0 aliphatic heterocycles. The van der Waals surface area contributed by atoms with Gasteiger partial charge in [-0.1, -0.05) is 24.3 Å². The number of sulfonamides is 2. The summed E-state index contributed by atoms with van der Waals surface area (Å²) in [6.45, 7) is -0.120. The first-order valence-electron chi connectivity index (χ1n) is 12.4. The maximum atomic E-state index is 12.8. The van der Waals surface area contributed by atoms with Crippen LogP contribution in [0.5, 0.6) is 11.5 Å². The number of nitro benzene ring substituents is 1. The van der Waals surface area contributed by atoms with Crippen LogP contribution in [0.2, 0.25) is 0 Å². The number of ether oxygens (including phenoxy) is 2. The zero-order valence-electron chi connectivity index (χ0n) is 22.7. The lowest BCUT2D eigenvalue weighted by molar-refractivity contribution is -0.384. The van der Waals surface area contributed by atoms with Crippen LogP contribution in [-0.2, 0) is 31.3 Å². The predicted octanol–water partition coefficient (Wildman–Crippen LogP) is 4.15. The van der Waals surface area contributed by atoms with E-state index in [0.717, 1.165) is 37.4 Å². The number of non-ortho nitro benzene ring substituents is 1. The van der Waals surface area contributed by atoms with Gasteiger partial charge in [-0.25, -0.2) is 31.1 Å². The van der Waals surface area contributed by atoms with Crippen LogP contribution in [-0.4, -0.2) is 45.9 Å². The highest BCUT2D eigenvalue weighted by molar-refractivity contribution is 7.92. The van der Waals surface area contributed by atoms with Crippen molar-refractivity contribution in [1.82, 2.24) is 4.72 Å². The van der Waals surface area contributed by atoms with Crippen molar-refractivity contribution < 1.29 is 45.9 Å². The number of nitrogens with one attached hydrogen (secondary N) is 2. The highest BCUT2D eigenvalue weighted by Gasteiger charge is 2.23. The number of nitro groups is 1. The van der Waals surface area contributed by atoms with E-state index >= 15 is 0 Å². The van der Waals surface area contributed by atoms with E-state index in [1.165, 1.54) is 48.5 Å². The summed E-state index contributed by atoms with van der Waals surface area (Å²) in [5.41, 5.74) is -0.575. The molecule has 228 valence electrons. The molecular weight excluding hydrogens is 618 g/mol. The van der Waals surface area contributed by atoms with Crippen LogP contribution in [0.4, 0.5) is 11.4 Å². The largest absolute Gasteiger partial charge is 0.478 e. The van der Waals surface area contributed by atoms with E-state index in [-0.39, 0.29) is 44.8 Å². The SMILES string of the molecule is COC(=O)c1ccccc1S(=O)(=O)NCc1ccc(Oc2ccc(NS(=O)(=O)c3ccc([N+](=O)[O-])cc3)c(C(=O)O)c2)cc1. The fourth-order valence-corrected chi connectivity index (χ4v) is 6.14. The Morgan fingerprint density at radius 1 is 0.841 bits per heavy atom. The highest BCUT2D eigenvalue weighted by Crippen LogP contribution is 2.29. The van der Waals surface area contributed by atoms with E-state index in [0.29, 0.717) is 5.56 Å². The third kappa shape index (κ3) is 7.35. The average Bonchev–Trinajstić information content (AvgIpc) is 3.01. The molecule has 44 heavy (non-hydrogen) atoms. The molecule has 0 fully saturated rings. The van der Waals surface area contributed by atoms with Crippen LogP contribution in [0.1, 0.15) is 26.3 Å². The number of carbonyl (C=O) groups excluding carboxylic acids is 1. The minimum atomic E-state index is -4.28. The molecular formula is C28H23N3O11S2. The van der Waals surface area contributed by atoms with E-state index in [9.17, 15) is 41.6 Å². The summed E-state index contributed by atoms with van der Waals surface area (Å²) in [5, 5.41) is 20.5. The van der Waals surface area contributed by atoms with Gasteiger partial charge in [0.25, 0.3) is 15.7 Å². The molecule has 4 aromatic rings. The van der Waals surface area contributed by atoms with Gasteiger partial charge in [-0.2, -0.15) is 0 Å². The molecule has 0 saturated carbocycles. The maximum absolute atomic E-state index is 12.8.